The average molecular weight is 492 g/mol. The van der Waals surface area contributed by atoms with Crippen LogP contribution >= 0.6 is 32.3 Å². The molecular weight excluding hydrogens is 458 g/mol. The van der Waals surface area contributed by atoms with Gasteiger partial charge in [0, 0.05) is 0 Å². The van der Waals surface area contributed by atoms with Crippen molar-refractivity contribution in [2.24, 2.45) is 0 Å². The van der Waals surface area contributed by atoms with E-state index in [1.807, 2.05) is 0 Å². The molecule has 0 spiro atoms. The fraction of sp³-hybridized carbons (Fsp3) is 0.304. The molecular formula is C23H34Cl2CrPSi. The number of allylic oxidation sites excluding steroid dienone is 4. The third-order valence-electron chi connectivity index (χ3n) is 5.12. The van der Waals surface area contributed by atoms with E-state index < -0.39 is 19.7 Å². The Hall–Kier alpha value is -0.321. The second kappa shape index (κ2) is 9.22. The molecule has 3 rings (SSSR count). The molecule has 0 fully saturated rings. The average Bonchev–Trinajstić information content (AvgIpc) is 3.07. The summed E-state index contributed by atoms with van der Waals surface area (Å²) in [5.41, 5.74) is 0. The molecule has 0 heterocycles. The van der Waals surface area contributed by atoms with Crippen LogP contribution < -0.4 is 10.6 Å². The van der Waals surface area contributed by atoms with Crippen molar-refractivity contribution in [3.8, 4) is 0 Å². The summed E-state index contributed by atoms with van der Waals surface area (Å²) in [7, 11) is -2.05. The van der Waals surface area contributed by atoms with Crippen LogP contribution in [-0.2, 0) is 12.0 Å². The van der Waals surface area contributed by atoms with Crippen molar-refractivity contribution in [1.29, 1.82) is 0 Å². The van der Waals surface area contributed by atoms with Crippen LogP contribution in [0.15, 0.2) is 82.4 Å². The van der Waals surface area contributed by atoms with Crippen molar-refractivity contribution in [3.05, 3.63) is 82.4 Å². The Labute approximate surface area is 186 Å². The van der Waals surface area contributed by atoms with Crippen molar-refractivity contribution < 1.29 is 12.0 Å². The first-order valence-electron chi connectivity index (χ1n) is 9.21. The smallest absolute Gasteiger partial charge is 0.147 e. The van der Waals surface area contributed by atoms with E-state index in [9.17, 15) is 0 Å². The summed E-state index contributed by atoms with van der Waals surface area (Å²) in [5.74, 6) is 10.2. The summed E-state index contributed by atoms with van der Waals surface area (Å²) in [5, 5.41) is 4.80. The topological polar surface area (TPSA) is 0 Å². The number of hydrogen-bond acceptors (Lipinski definition) is 0. The van der Waals surface area contributed by atoms with E-state index in [1.165, 1.54) is 17.0 Å². The molecule has 0 N–H and O–H groups in total. The van der Waals surface area contributed by atoms with E-state index in [2.05, 4.69) is 109 Å². The van der Waals surface area contributed by atoms with E-state index in [0.29, 0.717) is 0 Å². The van der Waals surface area contributed by atoms with Crippen molar-refractivity contribution in [2.45, 2.75) is 42.7 Å². The minimum absolute atomic E-state index is 0. The molecule has 155 valence electrons. The van der Waals surface area contributed by atoms with Gasteiger partial charge in [0.05, 0.1) is 0 Å². The van der Waals surface area contributed by atoms with Gasteiger partial charge >= 0.3 is 163 Å². The number of rotatable bonds is 5. The number of halogens is 2. The minimum Gasteiger partial charge on any atom is -0.147 e. The van der Waals surface area contributed by atoms with Gasteiger partial charge in [-0.15, -0.1) is 24.8 Å². The van der Waals surface area contributed by atoms with Crippen molar-refractivity contribution in [2.75, 3.05) is 0 Å². The predicted octanol–water partition coefficient (Wildman–Crippen LogP) is 7.80. The zero-order valence-electron chi connectivity index (χ0n) is 17.8. The van der Waals surface area contributed by atoms with Gasteiger partial charge in [-0.2, -0.15) is 0 Å². The molecule has 1 aliphatic carbocycles. The van der Waals surface area contributed by atoms with Crippen LogP contribution in [0, 0.1) is 0 Å². The number of benzene rings is 2. The van der Waals surface area contributed by atoms with E-state index >= 15 is 0 Å². The molecule has 0 radical (unpaired) electrons. The van der Waals surface area contributed by atoms with Gasteiger partial charge in [-0.1, -0.05) is 0 Å². The molecule has 0 atom stereocenters. The van der Waals surface area contributed by atoms with Crippen LogP contribution in [0.3, 0.4) is 0 Å². The Morgan fingerprint density at radius 2 is 1.18 bits per heavy atom. The Bertz CT molecular complexity index is 804. The van der Waals surface area contributed by atoms with Crippen molar-refractivity contribution in [1.82, 2.24) is 0 Å². The van der Waals surface area contributed by atoms with Crippen LogP contribution in [0.5, 0.6) is 0 Å². The van der Waals surface area contributed by atoms with Gasteiger partial charge in [-0.25, -0.2) is 0 Å². The molecule has 2 aromatic carbocycles. The van der Waals surface area contributed by atoms with Crippen LogP contribution in [-0.4, -0.2) is 7.74 Å². The summed E-state index contributed by atoms with van der Waals surface area (Å²) in [6.07, 6.45) is 6.11. The molecule has 0 unspecified atom stereocenters. The quantitative estimate of drug-likeness (QED) is 0.295. The molecule has 0 nitrogen and oxygen atoms in total. The third-order valence-corrected chi connectivity index (χ3v) is 19.3. The Morgan fingerprint density at radius 1 is 0.750 bits per heavy atom. The fourth-order valence-corrected chi connectivity index (χ4v) is 20.0. The SMILES string of the molecule is C[Si](C)(C1=[C]([Cr]([CH3])([CH3])([CH3])[CH3])CC=C1)P(c1ccccc1)c1ccccc1.Cl.Cl. The maximum absolute atomic E-state index is 2.61. The van der Waals surface area contributed by atoms with E-state index in [-0.39, 0.29) is 32.3 Å². The number of hydrogen-bond donors (Lipinski definition) is 0. The van der Waals surface area contributed by atoms with Gasteiger partial charge in [0.2, 0.25) is 0 Å². The Morgan fingerprint density at radius 3 is 1.57 bits per heavy atom. The van der Waals surface area contributed by atoms with E-state index in [1.54, 1.807) is 9.63 Å². The first-order chi connectivity index (χ1) is 12.1. The first-order valence-corrected chi connectivity index (χ1v) is 20.1. The van der Waals surface area contributed by atoms with Gasteiger partial charge in [0.25, 0.3) is 0 Å². The molecule has 0 aromatic heterocycles. The second-order valence-corrected chi connectivity index (χ2v) is 30.3. The molecule has 0 bridgehead atoms. The van der Waals surface area contributed by atoms with Crippen molar-refractivity contribution in [3.63, 3.8) is 0 Å². The third kappa shape index (κ3) is 5.43. The van der Waals surface area contributed by atoms with Gasteiger partial charge in [0.1, 0.15) is 0 Å². The Kier molecular flexibility index (Phi) is 8.47. The molecule has 5 heteroatoms. The van der Waals surface area contributed by atoms with Crippen LogP contribution in [0.4, 0.5) is 0 Å². The van der Waals surface area contributed by atoms with Gasteiger partial charge in [-0.05, 0) is 0 Å². The van der Waals surface area contributed by atoms with Crippen LogP contribution in [0.1, 0.15) is 6.42 Å². The maximum atomic E-state index is 2.61. The summed E-state index contributed by atoms with van der Waals surface area (Å²) in [4.78, 5) is 0. The summed E-state index contributed by atoms with van der Waals surface area (Å²) < 4.78 is 1.81. The summed E-state index contributed by atoms with van der Waals surface area (Å²) >= 11 is -2.19. The molecule has 0 saturated carbocycles. The molecule has 0 aliphatic heterocycles. The summed E-state index contributed by atoms with van der Waals surface area (Å²) in [6, 6.07) is 22.5. The van der Waals surface area contributed by atoms with Crippen LogP contribution in [0.25, 0.3) is 0 Å². The second-order valence-electron chi connectivity index (χ2n) is 9.27. The van der Waals surface area contributed by atoms with E-state index in [4.69, 9.17) is 0 Å². The molecule has 1 aliphatic rings. The first kappa shape index (κ1) is 25.7. The largest absolute Gasteiger partial charge is 0.147 e. The van der Waals surface area contributed by atoms with Gasteiger partial charge in [0.15, 0.2) is 0 Å². The Balaban J connectivity index is 0.00000196. The standard InChI is InChI=1S/C19H20PSi.4CH3.2ClH.Cr/c1-21(2,19-15-9-10-16-19)20(17-11-5-3-6-12-17)18-13-7-4-8-14-18;;;;;;;/h3-9,11-15H,10H2,1-2H3;4*1H3;2*1H;. The minimum atomic E-state index is -2.19. The zero-order chi connectivity index (χ0) is 19.0. The normalized spacial score (nSPS) is 15.6. The van der Waals surface area contributed by atoms with Crippen molar-refractivity contribution >= 4 is 50.6 Å². The van der Waals surface area contributed by atoms with E-state index in [0.717, 1.165) is 0 Å². The predicted molar refractivity (Wildman–Crippen MR) is 135 cm³/mol. The van der Waals surface area contributed by atoms with Crippen LogP contribution in [0.2, 0.25) is 36.2 Å². The maximum Gasteiger partial charge on any atom is -0.147 e. The van der Waals surface area contributed by atoms with Gasteiger partial charge < -0.3 is 0 Å². The summed E-state index contributed by atoms with van der Waals surface area (Å²) in [6.45, 7) is 5.22. The van der Waals surface area contributed by atoms with Gasteiger partial charge in [-0.3, -0.25) is 0 Å². The molecule has 0 saturated heterocycles. The fourth-order valence-electron chi connectivity index (χ4n) is 3.87. The molecule has 28 heavy (non-hydrogen) atoms. The zero-order valence-corrected chi connectivity index (χ0v) is 22.6. The monoisotopic (exact) mass is 491 g/mol. The molecule has 0 amide bonds. The molecule has 2 aromatic rings.